The molecule has 0 aliphatic rings. The average Bonchev–Trinajstić information content (AvgIpc) is 2.99. The van der Waals surface area contributed by atoms with Crippen molar-refractivity contribution in [3.05, 3.63) is 84.1 Å². The quantitative estimate of drug-likeness (QED) is 0.495. The molecule has 0 saturated heterocycles. The number of para-hydroxylation sites is 1. The summed E-state index contributed by atoms with van der Waals surface area (Å²) < 4.78 is 5.64. The van der Waals surface area contributed by atoms with Gasteiger partial charge in [-0.2, -0.15) is 0 Å². The van der Waals surface area contributed by atoms with Gasteiger partial charge in [-0.1, -0.05) is 60.7 Å². The van der Waals surface area contributed by atoms with Gasteiger partial charge in [0, 0.05) is 11.8 Å². The minimum atomic E-state index is 0.00600. The number of rotatable bonds is 3. The van der Waals surface area contributed by atoms with Gasteiger partial charge in [0.1, 0.15) is 5.58 Å². The number of ketones is 1. The highest BCUT2D eigenvalue weighted by atomic mass is 16.3. The average molecular weight is 286 g/mol. The molecule has 0 saturated carbocycles. The molecule has 2 nitrogen and oxygen atoms in total. The maximum atomic E-state index is 12.4. The van der Waals surface area contributed by atoms with Crippen molar-refractivity contribution in [1.29, 1.82) is 0 Å². The van der Waals surface area contributed by atoms with Gasteiger partial charge in [0.25, 0.3) is 0 Å². The third-order valence-electron chi connectivity index (χ3n) is 3.88. The van der Waals surface area contributed by atoms with Crippen molar-refractivity contribution in [2.24, 2.45) is 0 Å². The van der Waals surface area contributed by atoms with Crippen LogP contribution in [0.15, 0.2) is 77.2 Å². The van der Waals surface area contributed by atoms with E-state index in [0.717, 1.165) is 21.9 Å². The van der Waals surface area contributed by atoms with Crippen LogP contribution in [0.25, 0.3) is 21.7 Å². The lowest BCUT2D eigenvalue weighted by Gasteiger charge is -2.02. The molecule has 0 N–H and O–H groups in total. The van der Waals surface area contributed by atoms with Gasteiger partial charge >= 0.3 is 0 Å². The first kappa shape index (κ1) is 12.8. The minimum Gasteiger partial charge on any atom is -0.453 e. The van der Waals surface area contributed by atoms with E-state index in [1.54, 1.807) is 0 Å². The van der Waals surface area contributed by atoms with Gasteiger partial charge in [-0.3, -0.25) is 4.79 Å². The highest BCUT2D eigenvalue weighted by Crippen LogP contribution is 2.21. The second kappa shape index (κ2) is 5.15. The Balaban J connectivity index is 1.64. The van der Waals surface area contributed by atoms with Crippen LogP contribution in [-0.2, 0) is 6.42 Å². The smallest absolute Gasteiger partial charge is 0.202 e. The maximum absolute atomic E-state index is 12.4. The Hall–Kier alpha value is -2.87. The Kier molecular flexibility index (Phi) is 3.01. The van der Waals surface area contributed by atoms with Crippen LogP contribution in [-0.4, -0.2) is 5.78 Å². The molecular weight excluding hydrogens is 272 g/mol. The van der Waals surface area contributed by atoms with Crippen LogP contribution >= 0.6 is 0 Å². The molecule has 22 heavy (non-hydrogen) atoms. The first-order valence-corrected chi connectivity index (χ1v) is 7.29. The SMILES string of the molecule is O=C(Cc1ccc2ccccc2c1)c1cc2ccccc2o1. The summed E-state index contributed by atoms with van der Waals surface area (Å²) in [6, 6.07) is 23.8. The molecule has 2 heteroatoms. The Morgan fingerprint density at radius 1 is 0.773 bits per heavy atom. The van der Waals surface area contributed by atoms with Gasteiger partial charge in [-0.25, -0.2) is 0 Å². The molecule has 4 aromatic rings. The van der Waals surface area contributed by atoms with E-state index in [1.807, 2.05) is 48.5 Å². The lowest BCUT2D eigenvalue weighted by Crippen LogP contribution is -2.01. The summed E-state index contributed by atoms with van der Waals surface area (Å²) in [5, 5.41) is 3.30. The van der Waals surface area contributed by atoms with Gasteiger partial charge in [-0.15, -0.1) is 0 Å². The number of fused-ring (bicyclic) bond motifs is 2. The van der Waals surface area contributed by atoms with Crippen LogP contribution in [0.5, 0.6) is 0 Å². The zero-order valence-corrected chi connectivity index (χ0v) is 12.0. The van der Waals surface area contributed by atoms with Crippen LogP contribution in [0.2, 0.25) is 0 Å². The summed E-state index contributed by atoms with van der Waals surface area (Å²) in [4.78, 5) is 12.4. The number of carbonyl (C=O) groups excluding carboxylic acids is 1. The van der Waals surface area contributed by atoms with E-state index in [1.165, 1.54) is 5.39 Å². The molecule has 0 radical (unpaired) electrons. The van der Waals surface area contributed by atoms with Gasteiger partial charge in [-0.05, 0) is 28.5 Å². The van der Waals surface area contributed by atoms with Crippen molar-refractivity contribution in [2.75, 3.05) is 0 Å². The molecule has 0 aliphatic heterocycles. The highest BCUT2D eigenvalue weighted by molar-refractivity contribution is 5.99. The second-order valence-electron chi connectivity index (χ2n) is 5.43. The predicted octanol–water partition coefficient (Wildman–Crippen LogP) is 5.01. The monoisotopic (exact) mass is 286 g/mol. The van der Waals surface area contributed by atoms with E-state index >= 15 is 0 Å². The Morgan fingerprint density at radius 3 is 2.32 bits per heavy atom. The van der Waals surface area contributed by atoms with E-state index in [9.17, 15) is 4.79 Å². The summed E-state index contributed by atoms with van der Waals surface area (Å²) in [7, 11) is 0. The van der Waals surface area contributed by atoms with Crippen LogP contribution in [0.4, 0.5) is 0 Å². The fourth-order valence-electron chi connectivity index (χ4n) is 2.74. The van der Waals surface area contributed by atoms with E-state index in [4.69, 9.17) is 4.42 Å². The Morgan fingerprint density at radius 2 is 1.50 bits per heavy atom. The Labute approximate surface area is 128 Å². The highest BCUT2D eigenvalue weighted by Gasteiger charge is 2.13. The fourth-order valence-corrected chi connectivity index (χ4v) is 2.74. The van der Waals surface area contributed by atoms with Gasteiger partial charge in [0.15, 0.2) is 5.76 Å². The molecule has 0 amide bonds. The van der Waals surface area contributed by atoms with E-state index < -0.39 is 0 Å². The molecule has 0 fully saturated rings. The fraction of sp³-hybridized carbons (Fsp3) is 0.0500. The molecule has 4 rings (SSSR count). The van der Waals surface area contributed by atoms with Gasteiger partial charge < -0.3 is 4.42 Å². The normalized spacial score (nSPS) is 11.1. The van der Waals surface area contributed by atoms with E-state index in [0.29, 0.717) is 12.2 Å². The largest absolute Gasteiger partial charge is 0.453 e. The molecule has 0 bridgehead atoms. The molecule has 3 aromatic carbocycles. The van der Waals surface area contributed by atoms with Crippen molar-refractivity contribution in [3.8, 4) is 0 Å². The van der Waals surface area contributed by atoms with E-state index in [-0.39, 0.29) is 5.78 Å². The third kappa shape index (κ3) is 2.29. The molecule has 1 aromatic heterocycles. The second-order valence-corrected chi connectivity index (χ2v) is 5.43. The Bertz CT molecular complexity index is 946. The molecule has 1 heterocycles. The first-order chi connectivity index (χ1) is 10.8. The van der Waals surface area contributed by atoms with Crippen molar-refractivity contribution in [1.82, 2.24) is 0 Å². The van der Waals surface area contributed by atoms with Gasteiger partial charge in [0.2, 0.25) is 5.78 Å². The van der Waals surface area contributed by atoms with Crippen molar-refractivity contribution < 1.29 is 9.21 Å². The topological polar surface area (TPSA) is 30.2 Å². The van der Waals surface area contributed by atoms with Crippen molar-refractivity contribution in [2.45, 2.75) is 6.42 Å². The molecule has 0 unspecified atom stereocenters. The molecule has 0 spiro atoms. The summed E-state index contributed by atoms with van der Waals surface area (Å²) in [6.45, 7) is 0. The lowest BCUT2D eigenvalue weighted by molar-refractivity contribution is 0.0968. The number of carbonyl (C=O) groups is 1. The summed E-state index contributed by atoms with van der Waals surface area (Å²) >= 11 is 0. The van der Waals surface area contributed by atoms with Crippen LogP contribution in [0.3, 0.4) is 0 Å². The van der Waals surface area contributed by atoms with Crippen LogP contribution < -0.4 is 0 Å². The predicted molar refractivity (Wildman–Crippen MR) is 88.2 cm³/mol. The summed E-state index contributed by atoms with van der Waals surface area (Å²) in [5.41, 5.74) is 1.76. The van der Waals surface area contributed by atoms with Crippen molar-refractivity contribution >= 4 is 27.5 Å². The lowest BCUT2D eigenvalue weighted by atomic mass is 10.0. The number of furan rings is 1. The minimum absolute atomic E-state index is 0.00600. The van der Waals surface area contributed by atoms with Crippen LogP contribution in [0.1, 0.15) is 16.1 Å². The van der Waals surface area contributed by atoms with Crippen LogP contribution in [0, 0.1) is 0 Å². The van der Waals surface area contributed by atoms with Crippen molar-refractivity contribution in [3.63, 3.8) is 0 Å². The zero-order valence-electron chi connectivity index (χ0n) is 12.0. The number of hydrogen-bond acceptors (Lipinski definition) is 2. The standard InChI is InChI=1S/C20H14O2/c21-18(20-13-17-7-3-4-8-19(17)22-20)12-14-9-10-15-5-1-2-6-16(15)11-14/h1-11,13H,12H2. The van der Waals surface area contributed by atoms with E-state index in [2.05, 4.69) is 24.3 Å². The number of Topliss-reactive ketones (excluding diaryl/α,β-unsaturated/α-hetero) is 1. The third-order valence-corrected chi connectivity index (χ3v) is 3.88. The zero-order chi connectivity index (χ0) is 14.9. The summed E-state index contributed by atoms with van der Waals surface area (Å²) in [6.07, 6.45) is 0.352. The molecule has 106 valence electrons. The van der Waals surface area contributed by atoms with Gasteiger partial charge in [0.05, 0.1) is 0 Å². The summed E-state index contributed by atoms with van der Waals surface area (Å²) in [5.74, 6) is 0.431. The first-order valence-electron chi connectivity index (χ1n) is 7.29. The molecular formula is C20H14O2. The molecule has 0 aliphatic carbocycles. The number of hydrogen-bond donors (Lipinski definition) is 0. The number of benzene rings is 3. The maximum Gasteiger partial charge on any atom is 0.202 e. The molecule has 0 atom stereocenters.